The van der Waals surface area contributed by atoms with Crippen LogP contribution in [-0.2, 0) is 11.0 Å². The number of halogens is 3. The molecule has 0 radical (unpaired) electrons. The molecule has 1 aromatic heterocycles. The Kier molecular flexibility index (Phi) is 6.43. The van der Waals surface area contributed by atoms with Crippen LogP contribution < -0.4 is 10.2 Å². The van der Waals surface area contributed by atoms with Gasteiger partial charge >= 0.3 is 6.18 Å². The van der Waals surface area contributed by atoms with Gasteiger partial charge in [-0.25, -0.2) is 0 Å². The van der Waals surface area contributed by atoms with Crippen molar-refractivity contribution in [2.45, 2.75) is 38.5 Å². The van der Waals surface area contributed by atoms with E-state index in [4.69, 9.17) is 4.42 Å². The minimum absolute atomic E-state index is 0.0841. The summed E-state index contributed by atoms with van der Waals surface area (Å²) in [7, 11) is 0. The topological polar surface area (TPSA) is 62.6 Å². The van der Waals surface area contributed by atoms with Gasteiger partial charge in [0.1, 0.15) is 6.04 Å². The van der Waals surface area contributed by atoms with Crippen molar-refractivity contribution in [1.29, 1.82) is 0 Å². The van der Waals surface area contributed by atoms with E-state index in [1.165, 1.54) is 30.5 Å². The predicted molar refractivity (Wildman–Crippen MR) is 114 cm³/mol. The second-order valence-electron chi connectivity index (χ2n) is 8.25. The van der Waals surface area contributed by atoms with E-state index in [0.29, 0.717) is 5.56 Å². The van der Waals surface area contributed by atoms with Crippen LogP contribution in [0.4, 0.5) is 18.9 Å². The Morgan fingerprint density at radius 3 is 2.19 bits per heavy atom. The molecule has 1 atom stereocenters. The lowest BCUT2D eigenvalue weighted by Gasteiger charge is -2.33. The first-order valence-electron chi connectivity index (χ1n) is 9.89. The zero-order valence-electron chi connectivity index (χ0n) is 17.8. The van der Waals surface area contributed by atoms with Gasteiger partial charge in [0.15, 0.2) is 5.76 Å². The molecule has 2 amide bonds. The summed E-state index contributed by atoms with van der Waals surface area (Å²) in [6, 6.07) is 14.4. The zero-order chi connectivity index (χ0) is 23.5. The van der Waals surface area contributed by atoms with Crippen LogP contribution in [-0.4, -0.2) is 17.4 Å². The monoisotopic (exact) mass is 444 g/mol. The molecular weight excluding hydrogens is 421 g/mol. The summed E-state index contributed by atoms with van der Waals surface area (Å²) < 4.78 is 45.4. The molecule has 0 spiro atoms. The highest BCUT2D eigenvalue weighted by Crippen LogP contribution is 2.35. The van der Waals surface area contributed by atoms with E-state index < -0.39 is 35.1 Å². The third-order valence-electron chi connectivity index (χ3n) is 4.52. The van der Waals surface area contributed by atoms with Crippen LogP contribution in [0.2, 0.25) is 0 Å². The lowest BCUT2D eigenvalue weighted by Crippen LogP contribution is -2.49. The molecule has 1 N–H and O–H groups in total. The van der Waals surface area contributed by atoms with Crippen LogP contribution in [0.1, 0.15) is 48.5 Å². The number of nitrogens with one attached hydrogen (secondary N) is 1. The fourth-order valence-electron chi connectivity index (χ4n) is 3.23. The first kappa shape index (κ1) is 23.1. The molecule has 0 aliphatic heterocycles. The molecule has 3 rings (SSSR count). The quantitative estimate of drug-likeness (QED) is 0.557. The van der Waals surface area contributed by atoms with Crippen molar-refractivity contribution in [2.75, 3.05) is 4.90 Å². The summed E-state index contributed by atoms with van der Waals surface area (Å²) >= 11 is 0. The zero-order valence-corrected chi connectivity index (χ0v) is 17.8. The van der Waals surface area contributed by atoms with Crippen molar-refractivity contribution in [1.82, 2.24) is 5.32 Å². The largest absolute Gasteiger partial charge is 0.459 e. The van der Waals surface area contributed by atoms with Crippen molar-refractivity contribution in [3.05, 3.63) is 89.9 Å². The van der Waals surface area contributed by atoms with Gasteiger partial charge in [0.25, 0.3) is 5.91 Å². The lowest BCUT2D eigenvalue weighted by molar-refractivity contribution is -0.137. The van der Waals surface area contributed by atoms with Crippen LogP contribution in [0, 0.1) is 0 Å². The number of hydrogen-bond donors (Lipinski definition) is 1. The van der Waals surface area contributed by atoms with E-state index in [9.17, 15) is 22.8 Å². The summed E-state index contributed by atoms with van der Waals surface area (Å²) in [6.07, 6.45) is -3.34. The van der Waals surface area contributed by atoms with Crippen molar-refractivity contribution >= 4 is 17.5 Å². The number of carbonyl (C=O) groups excluding carboxylic acids is 2. The Bertz CT molecular complexity index is 1070. The second-order valence-corrected chi connectivity index (χ2v) is 8.25. The highest BCUT2D eigenvalue weighted by molar-refractivity contribution is 6.08. The normalized spacial score (nSPS) is 12.8. The van der Waals surface area contributed by atoms with Crippen LogP contribution in [0.5, 0.6) is 0 Å². The molecule has 3 aromatic rings. The highest BCUT2D eigenvalue weighted by Gasteiger charge is 2.37. The van der Waals surface area contributed by atoms with Gasteiger partial charge in [0, 0.05) is 11.2 Å². The van der Waals surface area contributed by atoms with Gasteiger partial charge in [0.2, 0.25) is 5.91 Å². The van der Waals surface area contributed by atoms with E-state index in [2.05, 4.69) is 5.32 Å². The number of carbonyl (C=O) groups is 2. The van der Waals surface area contributed by atoms with E-state index in [1.807, 2.05) is 0 Å². The molecule has 1 heterocycles. The van der Waals surface area contributed by atoms with Gasteiger partial charge in [-0.15, -0.1) is 0 Å². The lowest BCUT2D eigenvalue weighted by atomic mass is 10.00. The molecular formula is C24H23F3N2O3. The molecule has 0 saturated carbocycles. The van der Waals surface area contributed by atoms with E-state index in [1.54, 1.807) is 51.1 Å². The molecule has 0 bridgehead atoms. The van der Waals surface area contributed by atoms with Crippen LogP contribution in [0.25, 0.3) is 0 Å². The number of rotatable bonds is 5. The maximum Gasteiger partial charge on any atom is 0.416 e. The number of amides is 2. The summed E-state index contributed by atoms with van der Waals surface area (Å²) in [5.74, 6) is -1.39. The number of alkyl halides is 3. The summed E-state index contributed by atoms with van der Waals surface area (Å²) in [6.45, 7) is 5.32. The Labute approximate surface area is 183 Å². The molecule has 0 aliphatic rings. The number of furan rings is 1. The van der Waals surface area contributed by atoms with E-state index in [-0.39, 0.29) is 11.4 Å². The Morgan fingerprint density at radius 1 is 0.938 bits per heavy atom. The minimum Gasteiger partial charge on any atom is -0.459 e. The van der Waals surface area contributed by atoms with Gasteiger partial charge in [0.05, 0.1) is 11.8 Å². The SMILES string of the molecule is CC(C)(C)NC(=O)[C@H](c1ccccc1)N(C(=O)c1ccco1)c1cccc(C(F)(F)F)c1. The standard InChI is InChI=1S/C24H23F3N2O3/c1-23(2,3)28-21(30)20(16-9-5-4-6-10-16)29(22(31)19-13-8-14-32-19)18-12-7-11-17(15-18)24(25,26)27/h4-15,20H,1-3H3,(H,28,30)/t20-/m0/s1. The summed E-state index contributed by atoms with van der Waals surface area (Å²) in [5.41, 5.74) is -1.22. The maximum absolute atomic E-state index is 13.4. The van der Waals surface area contributed by atoms with Gasteiger partial charge in [-0.3, -0.25) is 14.5 Å². The molecule has 0 fully saturated rings. The minimum atomic E-state index is -4.62. The average Bonchev–Trinajstić information content (AvgIpc) is 3.25. The van der Waals surface area contributed by atoms with Crippen molar-refractivity contribution in [3.63, 3.8) is 0 Å². The van der Waals surface area contributed by atoms with Crippen LogP contribution in [0.15, 0.2) is 77.4 Å². The van der Waals surface area contributed by atoms with Crippen molar-refractivity contribution in [2.24, 2.45) is 0 Å². The van der Waals surface area contributed by atoms with Crippen molar-refractivity contribution in [3.8, 4) is 0 Å². The Morgan fingerprint density at radius 2 is 1.62 bits per heavy atom. The molecule has 0 unspecified atom stereocenters. The number of hydrogen-bond acceptors (Lipinski definition) is 3. The first-order valence-corrected chi connectivity index (χ1v) is 9.89. The Balaban J connectivity index is 2.21. The summed E-state index contributed by atoms with van der Waals surface area (Å²) in [4.78, 5) is 27.8. The molecule has 2 aromatic carbocycles. The van der Waals surface area contributed by atoms with E-state index >= 15 is 0 Å². The third kappa shape index (κ3) is 5.38. The van der Waals surface area contributed by atoms with Gasteiger partial charge in [-0.1, -0.05) is 36.4 Å². The molecule has 168 valence electrons. The number of nitrogens with zero attached hydrogens (tertiary/aromatic N) is 1. The smallest absolute Gasteiger partial charge is 0.416 e. The molecule has 8 heteroatoms. The van der Waals surface area contributed by atoms with Gasteiger partial charge in [-0.2, -0.15) is 13.2 Å². The molecule has 32 heavy (non-hydrogen) atoms. The first-order chi connectivity index (χ1) is 15.0. The van der Waals surface area contributed by atoms with Gasteiger partial charge in [-0.05, 0) is 56.7 Å². The fraction of sp³-hybridized carbons (Fsp3) is 0.250. The summed E-state index contributed by atoms with van der Waals surface area (Å²) in [5, 5.41) is 2.83. The van der Waals surface area contributed by atoms with Gasteiger partial charge < -0.3 is 9.73 Å². The number of anilines is 1. The predicted octanol–water partition coefficient (Wildman–Crippen LogP) is 5.60. The van der Waals surface area contributed by atoms with Crippen LogP contribution >= 0.6 is 0 Å². The third-order valence-corrected chi connectivity index (χ3v) is 4.52. The molecule has 0 aliphatic carbocycles. The number of benzene rings is 2. The molecule has 0 saturated heterocycles. The Hall–Kier alpha value is -3.55. The van der Waals surface area contributed by atoms with Crippen molar-refractivity contribution < 1.29 is 27.2 Å². The average molecular weight is 444 g/mol. The maximum atomic E-state index is 13.4. The fourth-order valence-corrected chi connectivity index (χ4v) is 3.23. The van der Waals surface area contributed by atoms with E-state index in [0.717, 1.165) is 17.0 Å². The second kappa shape index (κ2) is 8.90. The highest BCUT2D eigenvalue weighted by atomic mass is 19.4. The van der Waals surface area contributed by atoms with Crippen LogP contribution in [0.3, 0.4) is 0 Å². The molecule has 5 nitrogen and oxygen atoms in total.